The summed E-state index contributed by atoms with van der Waals surface area (Å²) in [5.41, 5.74) is 1.08. The van der Waals surface area contributed by atoms with Crippen molar-refractivity contribution >= 4 is 5.91 Å². The van der Waals surface area contributed by atoms with Crippen molar-refractivity contribution in [2.45, 2.75) is 12.8 Å². The van der Waals surface area contributed by atoms with Crippen molar-refractivity contribution in [2.24, 2.45) is 5.92 Å². The lowest BCUT2D eigenvalue weighted by atomic mass is 10.0. The van der Waals surface area contributed by atoms with Crippen LogP contribution in [0.3, 0.4) is 0 Å². The quantitative estimate of drug-likeness (QED) is 0.788. The second kappa shape index (κ2) is 6.40. The Kier molecular flexibility index (Phi) is 4.59. The van der Waals surface area contributed by atoms with Crippen LogP contribution < -0.4 is 15.4 Å². The number of carbonyl (C=O) groups excluding carboxylic acids is 1. The van der Waals surface area contributed by atoms with Crippen LogP contribution in [0, 0.1) is 5.92 Å². The van der Waals surface area contributed by atoms with Gasteiger partial charge < -0.3 is 15.4 Å². The van der Waals surface area contributed by atoms with Crippen molar-refractivity contribution in [1.29, 1.82) is 0 Å². The van der Waals surface area contributed by atoms with Crippen LogP contribution in [0.5, 0.6) is 5.75 Å². The van der Waals surface area contributed by atoms with Crippen molar-refractivity contribution < 1.29 is 9.53 Å². The molecule has 2 rings (SSSR count). The molecule has 1 aromatic carbocycles. The lowest BCUT2D eigenvalue weighted by molar-refractivity contribution is -0.121. The summed E-state index contributed by atoms with van der Waals surface area (Å²) < 4.78 is 5.26. The third-order valence-corrected chi connectivity index (χ3v) is 3.27. The highest BCUT2D eigenvalue weighted by atomic mass is 16.5. The number of carbonyl (C=O) groups is 1. The Bertz CT molecular complexity index is 403. The summed E-state index contributed by atoms with van der Waals surface area (Å²) in [5.74, 6) is 1.58. The van der Waals surface area contributed by atoms with Crippen LogP contribution in [-0.4, -0.2) is 32.7 Å². The Morgan fingerprint density at radius 1 is 1.44 bits per heavy atom. The fourth-order valence-corrected chi connectivity index (χ4v) is 2.00. The third-order valence-electron chi connectivity index (χ3n) is 3.27. The zero-order valence-corrected chi connectivity index (χ0v) is 10.7. The molecule has 0 aliphatic carbocycles. The van der Waals surface area contributed by atoms with E-state index in [1.54, 1.807) is 7.11 Å². The molecule has 0 saturated carbocycles. The number of nitrogens with one attached hydrogen (secondary N) is 2. The molecule has 0 bridgehead atoms. The number of methoxy groups -OCH3 is 1. The van der Waals surface area contributed by atoms with Gasteiger partial charge in [0.2, 0.25) is 5.91 Å². The molecule has 2 N–H and O–H groups in total. The number of rotatable bonds is 6. The minimum atomic E-state index is 0.118. The zero-order chi connectivity index (χ0) is 12.8. The summed E-state index contributed by atoms with van der Waals surface area (Å²) in [6, 6.07) is 7.83. The highest BCUT2D eigenvalue weighted by Gasteiger charge is 2.17. The summed E-state index contributed by atoms with van der Waals surface area (Å²) in [7, 11) is 1.66. The number of ether oxygens (including phenoxy) is 1. The summed E-state index contributed by atoms with van der Waals surface area (Å²) in [6.45, 7) is 2.83. The highest BCUT2D eigenvalue weighted by molar-refractivity contribution is 5.76. The molecule has 0 aromatic heterocycles. The van der Waals surface area contributed by atoms with Gasteiger partial charge in [-0.3, -0.25) is 4.79 Å². The number of hydrogen-bond donors (Lipinski definition) is 2. The predicted molar refractivity (Wildman–Crippen MR) is 70.7 cm³/mol. The molecule has 4 heteroatoms. The Morgan fingerprint density at radius 3 is 2.89 bits per heavy atom. The molecule has 0 unspecified atom stereocenters. The second-order valence-corrected chi connectivity index (χ2v) is 4.64. The van der Waals surface area contributed by atoms with Crippen molar-refractivity contribution in [3.63, 3.8) is 0 Å². The Balaban J connectivity index is 1.74. The van der Waals surface area contributed by atoms with Crippen molar-refractivity contribution in [3.8, 4) is 5.75 Å². The van der Waals surface area contributed by atoms with Gasteiger partial charge in [0.05, 0.1) is 7.11 Å². The van der Waals surface area contributed by atoms with Gasteiger partial charge in [0.1, 0.15) is 5.75 Å². The van der Waals surface area contributed by atoms with Gasteiger partial charge in [-0.1, -0.05) is 18.2 Å². The standard InChI is InChI=1S/C14H20N2O2/c1-18-13-5-3-2-4-12(13)6-7-14(17)16-10-11-8-15-9-11/h2-5,11,15H,6-10H2,1H3,(H,16,17). The van der Waals surface area contributed by atoms with E-state index in [1.807, 2.05) is 24.3 Å². The number of aryl methyl sites for hydroxylation is 1. The molecule has 0 radical (unpaired) electrons. The first-order valence-electron chi connectivity index (χ1n) is 6.39. The van der Waals surface area contributed by atoms with Crippen LogP contribution in [0.25, 0.3) is 0 Å². The van der Waals surface area contributed by atoms with E-state index in [4.69, 9.17) is 4.74 Å². The fraction of sp³-hybridized carbons (Fsp3) is 0.500. The smallest absolute Gasteiger partial charge is 0.220 e. The van der Waals surface area contributed by atoms with Gasteiger partial charge in [0.25, 0.3) is 0 Å². The minimum absolute atomic E-state index is 0.118. The number of hydrogen-bond acceptors (Lipinski definition) is 3. The van der Waals surface area contributed by atoms with Gasteiger partial charge in [0.15, 0.2) is 0 Å². The van der Waals surface area contributed by atoms with Gasteiger partial charge in [-0.2, -0.15) is 0 Å². The largest absolute Gasteiger partial charge is 0.496 e. The van der Waals surface area contributed by atoms with Crippen LogP contribution in [0.15, 0.2) is 24.3 Å². The maximum absolute atomic E-state index is 11.7. The van der Waals surface area contributed by atoms with Gasteiger partial charge in [-0.25, -0.2) is 0 Å². The summed E-state index contributed by atoms with van der Waals surface area (Å²) >= 11 is 0. The molecule has 1 fully saturated rings. The van der Waals surface area contributed by atoms with Crippen LogP contribution in [0.2, 0.25) is 0 Å². The average molecular weight is 248 g/mol. The summed E-state index contributed by atoms with van der Waals surface area (Å²) in [5, 5.41) is 6.16. The van der Waals surface area contributed by atoms with E-state index in [0.717, 1.165) is 37.4 Å². The van der Waals surface area contributed by atoms with Crippen molar-refractivity contribution in [2.75, 3.05) is 26.7 Å². The Labute approximate surface area is 108 Å². The Hall–Kier alpha value is -1.55. The molecule has 1 aliphatic rings. The molecule has 4 nitrogen and oxygen atoms in total. The van der Waals surface area contributed by atoms with E-state index >= 15 is 0 Å². The Morgan fingerprint density at radius 2 is 2.22 bits per heavy atom. The third kappa shape index (κ3) is 3.47. The van der Waals surface area contributed by atoms with E-state index in [9.17, 15) is 4.79 Å². The van der Waals surface area contributed by atoms with Gasteiger partial charge in [-0.05, 0) is 18.1 Å². The summed E-state index contributed by atoms with van der Waals surface area (Å²) in [6.07, 6.45) is 1.24. The first-order valence-corrected chi connectivity index (χ1v) is 6.39. The number of amides is 1. The van der Waals surface area contributed by atoms with E-state index in [0.29, 0.717) is 12.3 Å². The molecular weight excluding hydrogens is 228 g/mol. The average Bonchev–Trinajstić information content (AvgIpc) is 2.35. The first kappa shape index (κ1) is 12.9. The van der Waals surface area contributed by atoms with Gasteiger partial charge >= 0.3 is 0 Å². The molecule has 18 heavy (non-hydrogen) atoms. The molecule has 0 spiro atoms. The predicted octanol–water partition coefficient (Wildman–Crippen LogP) is 0.963. The first-order chi connectivity index (χ1) is 8.79. The topological polar surface area (TPSA) is 50.4 Å². The monoisotopic (exact) mass is 248 g/mol. The second-order valence-electron chi connectivity index (χ2n) is 4.64. The van der Waals surface area contributed by atoms with Gasteiger partial charge in [0, 0.05) is 32.0 Å². The molecule has 1 aromatic rings. The fourth-order valence-electron chi connectivity index (χ4n) is 2.00. The highest BCUT2D eigenvalue weighted by Crippen LogP contribution is 2.18. The maximum Gasteiger partial charge on any atom is 0.220 e. The lowest BCUT2D eigenvalue weighted by Gasteiger charge is -2.27. The lowest BCUT2D eigenvalue weighted by Crippen LogP contribution is -2.48. The molecule has 0 atom stereocenters. The maximum atomic E-state index is 11.7. The minimum Gasteiger partial charge on any atom is -0.496 e. The van der Waals surface area contributed by atoms with Crippen LogP contribution in [-0.2, 0) is 11.2 Å². The van der Waals surface area contributed by atoms with Gasteiger partial charge in [-0.15, -0.1) is 0 Å². The van der Waals surface area contributed by atoms with Crippen LogP contribution >= 0.6 is 0 Å². The van der Waals surface area contributed by atoms with Crippen LogP contribution in [0.4, 0.5) is 0 Å². The SMILES string of the molecule is COc1ccccc1CCC(=O)NCC1CNC1. The van der Waals surface area contributed by atoms with E-state index < -0.39 is 0 Å². The van der Waals surface area contributed by atoms with Crippen molar-refractivity contribution in [1.82, 2.24) is 10.6 Å². The normalized spacial score (nSPS) is 14.9. The zero-order valence-electron chi connectivity index (χ0n) is 10.7. The number of para-hydroxylation sites is 1. The van der Waals surface area contributed by atoms with Crippen LogP contribution in [0.1, 0.15) is 12.0 Å². The molecule has 98 valence electrons. The molecule has 1 saturated heterocycles. The van der Waals surface area contributed by atoms with E-state index in [2.05, 4.69) is 10.6 Å². The number of benzene rings is 1. The molecule has 1 amide bonds. The van der Waals surface area contributed by atoms with Crippen molar-refractivity contribution in [3.05, 3.63) is 29.8 Å². The molecule has 1 aliphatic heterocycles. The van der Waals surface area contributed by atoms with E-state index in [-0.39, 0.29) is 5.91 Å². The molecular formula is C14H20N2O2. The molecule has 1 heterocycles. The van der Waals surface area contributed by atoms with E-state index in [1.165, 1.54) is 0 Å². The summed E-state index contributed by atoms with van der Waals surface area (Å²) in [4.78, 5) is 11.7.